The van der Waals surface area contributed by atoms with Gasteiger partial charge in [-0.05, 0) is 24.1 Å². The SMILES string of the molecule is COC(=O)Cc1nc(C(F)F)cc(CN)c1C. The van der Waals surface area contributed by atoms with E-state index in [1.807, 2.05) is 0 Å². The number of carbonyl (C=O) groups excluding carboxylic acids is 1. The van der Waals surface area contributed by atoms with Crippen molar-refractivity contribution >= 4 is 5.97 Å². The first kappa shape index (κ1) is 13.5. The number of hydrogen-bond acceptors (Lipinski definition) is 4. The second-order valence-electron chi connectivity index (χ2n) is 3.54. The highest BCUT2D eigenvalue weighted by molar-refractivity contribution is 5.72. The van der Waals surface area contributed by atoms with Gasteiger partial charge in [0.1, 0.15) is 5.69 Å². The molecule has 6 heteroatoms. The largest absolute Gasteiger partial charge is 0.469 e. The third-order valence-corrected chi connectivity index (χ3v) is 2.48. The Hall–Kier alpha value is -1.56. The highest BCUT2D eigenvalue weighted by Crippen LogP contribution is 2.22. The summed E-state index contributed by atoms with van der Waals surface area (Å²) in [5.74, 6) is -0.519. The molecule has 94 valence electrons. The van der Waals surface area contributed by atoms with Gasteiger partial charge in [-0.15, -0.1) is 0 Å². The number of halogens is 2. The summed E-state index contributed by atoms with van der Waals surface area (Å²) in [6.07, 6.45) is -2.81. The fraction of sp³-hybridized carbons (Fsp3) is 0.455. The van der Waals surface area contributed by atoms with E-state index >= 15 is 0 Å². The number of hydrogen-bond donors (Lipinski definition) is 1. The quantitative estimate of drug-likeness (QED) is 0.815. The van der Waals surface area contributed by atoms with Crippen molar-refractivity contribution in [2.45, 2.75) is 26.3 Å². The summed E-state index contributed by atoms with van der Waals surface area (Å²) in [5.41, 5.74) is 6.60. The summed E-state index contributed by atoms with van der Waals surface area (Å²) in [6, 6.07) is 1.26. The molecule has 0 aliphatic rings. The molecule has 0 aliphatic heterocycles. The van der Waals surface area contributed by atoms with Crippen LogP contribution in [0.15, 0.2) is 6.07 Å². The fourth-order valence-electron chi connectivity index (χ4n) is 1.45. The van der Waals surface area contributed by atoms with Gasteiger partial charge < -0.3 is 10.5 Å². The van der Waals surface area contributed by atoms with Gasteiger partial charge in [0.25, 0.3) is 6.43 Å². The van der Waals surface area contributed by atoms with E-state index in [1.165, 1.54) is 13.2 Å². The van der Waals surface area contributed by atoms with E-state index in [0.29, 0.717) is 11.1 Å². The van der Waals surface area contributed by atoms with Gasteiger partial charge in [0, 0.05) is 6.54 Å². The molecule has 0 saturated heterocycles. The van der Waals surface area contributed by atoms with Gasteiger partial charge >= 0.3 is 5.97 Å². The van der Waals surface area contributed by atoms with Crippen molar-refractivity contribution < 1.29 is 18.3 Å². The van der Waals surface area contributed by atoms with Crippen molar-refractivity contribution in [3.63, 3.8) is 0 Å². The Labute approximate surface area is 97.8 Å². The number of nitrogens with two attached hydrogens (primary N) is 1. The molecule has 0 radical (unpaired) electrons. The van der Waals surface area contributed by atoms with Gasteiger partial charge in [-0.2, -0.15) is 0 Å². The molecule has 0 aliphatic carbocycles. The molecular weight excluding hydrogens is 230 g/mol. The monoisotopic (exact) mass is 244 g/mol. The van der Waals surface area contributed by atoms with E-state index in [9.17, 15) is 13.6 Å². The van der Waals surface area contributed by atoms with Gasteiger partial charge in [-0.3, -0.25) is 9.78 Å². The van der Waals surface area contributed by atoms with Crippen LogP contribution >= 0.6 is 0 Å². The van der Waals surface area contributed by atoms with Crippen molar-refractivity contribution in [1.82, 2.24) is 4.98 Å². The molecule has 1 aromatic heterocycles. The molecule has 0 saturated carbocycles. The van der Waals surface area contributed by atoms with Crippen molar-refractivity contribution in [3.8, 4) is 0 Å². The summed E-state index contributed by atoms with van der Waals surface area (Å²) >= 11 is 0. The lowest BCUT2D eigenvalue weighted by atomic mass is 10.0. The number of methoxy groups -OCH3 is 1. The molecule has 0 aromatic carbocycles. The zero-order valence-electron chi connectivity index (χ0n) is 9.67. The molecule has 1 aromatic rings. The number of esters is 1. The summed E-state index contributed by atoms with van der Waals surface area (Å²) in [7, 11) is 1.23. The lowest BCUT2D eigenvalue weighted by molar-refractivity contribution is -0.139. The first-order valence-corrected chi connectivity index (χ1v) is 5.04. The van der Waals surface area contributed by atoms with Crippen molar-refractivity contribution in [3.05, 3.63) is 28.6 Å². The zero-order valence-corrected chi connectivity index (χ0v) is 9.67. The summed E-state index contributed by atoms with van der Waals surface area (Å²) in [6.45, 7) is 1.82. The second kappa shape index (κ2) is 5.67. The molecule has 0 spiro atoms. The van der Waals surface area contributed by atoms with E-state index in [4.69, 9.17) is 5.73 Å². The Bertz CT molecular complexity index is 422. The first-order chi connectivity index (χ1) is 7.99. The van der Waals surface area contributed by atoms with E-state index < -0.39 is 12.4 Å². The fourth-order valence-corrected chi connectivity index (χ4v) is 1.45. The van der Waals surface area contributed by atoms with Crippen LogP contribution < -0.4 is 5.73 Å². The minimum absolute atomic E-state index is 0.127. The number of carbonyl (C=O) groups is 1. The molecule has 0 fully saturated rings. The van der Waals surface area contributed by atoms with Crippen LogP contribution in [0.4, 0.5) is 8.78 Å². The molecule has 0 atom stereocenters. The number of rotatable bonds is 4. The molecule has 1 rings (SSSR count). The molecule has 1 heterocycles. The highest BCUT2D eigenvalue weighted by atomic mass is 19.3. The van der Waals surface area contributed by atoms with Crippen molar-refractivity contribution in [1.29, 1.82) is 0 Å². The molecule has 2 N–H and O–H groups in total. The number of pyridine rings is 1. The highest BCUT2D eigenvalue weighted by Gasteiger charge is 2.16. The Morgan fingerprint density at radius 2 is 2.24 bits per heavy atom. The Morgan fingerprint density at radius 1 is 1.59 bits per heavy atom. The van der Waals surface area contributed by atoms with Crippen LogP contribution in [-0.4, -0.2) is 18.1 Å². The molecule has 17 heavy (non-hydrogen) atoms. The van der Waals surface area contributed by atoms with E-state index in [1.54, 1.807) is 6.92 Å². The molecule has 0 bridgehead atoms. The van der Waals surface area contributed by atoms with Crippen LogP contribution in [0.5, 0.6) is 0 Å². The van der Waals surface area contributed by atoms with Crippen LogP contribution in [0.25, 0.3) is 0 Å². The zero-order chi connectivity index (χ0) is 13.0. The van der Waals surface area contributed by atoms with E-state index in [-0.39, 0.29) is 24.4 Å². The Morgan fingerprint density at radius 3 is 2.71 bits per heavy atom. The van der Waals surface area contributed by atoms with Gasteiger partial charge in [0.2, 0.25) is 0 Å². The maximum atomic E-state index is 12.6. The maximum absolute atomic E-state index is 12.6. The summed E-state index contributed by atoms with van der Waals surface area (Å²) in [4.78, 5) is 14.9. The van der Waals surface area contributed by atoms with Crippen LogP contribution in [0.2, 0.25) is 0 Å². The number of aromatic nitrogens is 1. The predicted octanol–water partition coefficient (Wildman–Crippen LogP) is 1.50. The van der Waals surface area contributed by atoms with E-state index in [0.717, 1.165) is 0 Å². The standard InChI is InChI=1S/C11H14F2N2O2/c1-6-7(5-14)3-9(11(12)13)15-8(6)4-10(16)17-2/h3,11H,4-5,14H2,1-2H3. The predicted molar refractivity (Wildman–Crippen MR) is 57.5 cm³/mol. The van der Waals surface area contributed by atoms with Crippen LogP contribution in [-0.2, 0) is 22.5 Å². The number of alkyl halides is 2. The molecular formula is C11H14F2N2O2. The van der Waals surface area contributed by atoms with Crippen molar-refractivity contribution in [2.75, 3.05) is 7.11 Å². The summed E-state index contributed by atoms with van der Waals surface area (Å²) in [5, 5.41) is 0. The van der Waals surface area contributed by atoms with Gasteiger partial charge in [0.15, 0.2) is 0 Å². The van der Waals surface area contributed by atoms with E-state index in [2.05, 4.69) is 9.72 Å². The van der Waals surface area contributed by atoms with Gasteiger partial charge in [-0.1, -0.05) is 0 Å². The average Bonchev–Trinajstić information content (AvgIpc) is 2.31. The Kier molecular flexibility index (Phi) is 4.51. The second-order valence-corrected chi connectivity index (χ2v) is 3.54. The number of ether oxygens (including phenoxy) is 1. The van der Waals surface area contributed by atoms with Crippen molar-refractivity contribution in [2.24, 2.45) is 5.73 Å². The minimum atomic E-state index is -2.68. The Balaban J connectivity index is 3.17. The summed E-state index contributed by atoms with van der Waals surface area (Å²) < 4.78 is 29.7. The molecule has 4 nitrogen and oxygen atoms in total. The lowest BCUT2D eigenvalue weighted by Gasteiger charge is -2.11. The minimum Gasteiger partial charge on any atom is -0.469 e. The van der Waals surface area contributed by atoms with Crippen LogP contribution in [0.3, 0.4) is 0 Å². The van der Waals surface area contributed by atoms with Gasteiger partial charge in [0.05, 0.1) is 19.2 Å². The first-order valence-electron chi connectivity index (χ1n) is 5.04. The third kappa shape index (κ3) is 3.20. The molecule has 0 amide bonds. The smallest absolute Gasteiger partial charge is 0.311 e. The van der Waals surface area contributed by atoms with Crippen LogP contribution in [0.1, 0.15) is 28.9 Å². The van der Waals surface area contributed by atoms with Gasteiger partial charge in [-0.25, -0.2) is 8.78 Å². The number of nitrogens with zero attached hydrogens (tertiary/aromatic N) is 1. The maximum Gasteiger partial charge on any atom is 0.311 e. The normalized spacial score (nSPS) is 10.7. The average molecular weight is 244 g/mol. The lowest BCUT2D eigenvalue weighted by Crippen LogP contribution is -2.12. The topological polar surface area (TPSA) is 65.2 Å². The molecule has 0 unspecified atom stereocenters. The third-order valence-electron chi connectivity index (χ3n) is 2.48. The van der Waals surface area contributed by atoms with Crippen LogP contribution in [0, 0.1) is 6.92 Å².